The van der Waals surface area contributed by atoms with Crippen LogP contribution in [-0.4, -0.2) is 31.4 Å². The molecule has 9 heteroatoms. The number of rotatable bonds is 8. The Morgan fingerprint density at radius 2 is 2.09 bits per heavy atom. The number of fused-ring (bicyclic) bond motifs is 1. The van der Waals surface area contributed by atoms with Crippen molar-refractivity contribution in [3.05, 3.63) is 40.5 Å². The summed E-state index contributed by atoms with van der Waals surface area (Å²) in [4.78, 5) is 18.1. The van der Waals surface area contributed by atoms with Crippen LogP contribution >= 0.6 is 23.1 Å². The second kappa shape index (κ2) is 10.3. The Hall–Kier alpha value is -2.70. The minimum absolute atomic E-state index is 0.137. The van der Waals surface area contributed by atoms with Crippen LogP contribution in [0.5, 0.6) is 0 Å². The normalized spacial score (nSPS) is 15.6. The van der Waals surface area contributed by atoms with Crippen LogP contribution in [-0.2, 0) is 24.2 Å². The molecule has 3 aromatic rings. The molecular formula is C25H30N6OS2. The maximum absolute atomic E-state index is 12.8. The molecule has 4 rings (SSSR count). The first-order valence-corrected chi connectivity index (χ1v) is 13.5. The average Bonchev–Trinajstić information content (AvgIpc) is 3.42. The SMILES string of the molecule is CCn1c(SCC(=O)Nc2sc3c(c2C#N)CC[C@H](C(C)(C)CC)C3)nnc1-c1ccncc1. The highest BCUT2D eigenvalue weighted by Crippen LogP contribution is 2.45. The van der Waals surface area contributed by atoms with Crippen molar-refractivity contribution in [2.45, 2.75) is 65.1 Å². The first-order valence-electron chi connectivity index (χ1n) is 11.7. The van der Waals surface area contributed by atoms with Crippen LogP contribution in [0, 0.1) is 22.7 Å². The molecule has 1 aliphatic rings. The molecule has 1 atom stereocenters. The van der Waals surface area contributed by atoms with Gasteiger partial charge in [0.05, 0.1) is 11.3 Å². The Morgan fingerprint density at radius 1 is 1.32 bits per heavy atom. The van der Waals surface area contributed by atoms with Gasteiger partial charge in [-0.15, -0.1) is 21.5 Å². The number of aromatic nitrogens is 4. The van der Waals surface area contributed by atoms with Crippen LogP contribution in [0.4, 0.5) is 5.00 Å². The number of amides is 1. The van der Waals surface area contributed by atoms with Gasteiger partial charge in [-0.1, -0.05) is 39.0 Å². The molecule has 0 fully saturated rings. The van der Waals surface area contributed by atoms with Crippen LogP contribution < -0.4 is 5.32 Å². The van der Waals surface area contributed by atoms with Crippen LogP contribution in [0.1, 0.15) is 56.5 Å². The summed E-state index contributed by atoms with van der Waals surface area (Å²) in [5.41, 5.74) is 2.99. The van der Waals surface area contributed by atoms with Gasteiger partial charge in [0.15, 0.2) is 11.0 Å². The molecule has 1 N–H and O–H groups in total. The predicted molar refractivity (Wildman–Crippen MR) is 137 cm³/mol. The molecule has 1 aliphatic carbocycles. The number of nitriles is 1. The van der Waals surface area contributed by atoms with Crippen molar-refractivity contribution in [3.8, 4) is 17.5 Å². The molecule has 178 valence electrons. The molecule has 0 radical (unpaired) electrons. The zero-order chi connectivity index (χ0) is 24.3. The average molecular weight is 495 g/mol. The predicted octanol–water partition coefficient (Wildman–Crippen LogP) is 5.57. The lowest BCUT2D eigenvalue weighted by Gasteiger charge is -2.36. The third kappa shape index (κ3) is 4.89. The number of carbonyl (C=O) groups excluding carboxylic acids is 1. The third-order valence-electron chi connectivity index (χ3n) is 6.95. The molecule has 3 aromatic heterocycles. The Kier molecular flexibility index (Phi) is 7.39. The maximum Gasteiger partial charge on any atom is 0.235 e. The Bertz CT molecular complexity index is 1210. The number of hydrogen-bond donors (Lipinski definition) is 1. The monoisotopic (exact) mass is 494 g/mol. The molecular weight excluding hydrogens is 464 g/mol. The van der Waals surface area contributed by atoms with E-state index in [1.807, 2.05) is 23.6 Å². The lowest BCUT2D eigenvalue weighted by molar-refractivity contribution is -0.113. The summed E-state index contributed by atoms with van der Waals surface area (Å²) in [7, 11) is 0. The number of carbonyl (C=O) groups is 1. The summed E-state index contributed by atoms with van der Waals surface area (Å²) in [6.45, 7) is 9.63. The number of pyridine rings is 1. The quantitative estimate of drug-likeness (QED) is 0.412. The van der Waals surface area contributed by atoms with Crippen LogP contribution in [0.15, 0.2) is 29.7 Å². The zero-order valence-electron chi connectivity index (χ0n) is 20.1. The fourth-order valence-corrected chi connectivity index (χ4v) is 6.53. The number of thioether (sulfide) groups is 1. The van der Waals surface area contributed by atoms with Gasteiger partial charge in [0.1, 0.15) is 11.1 Å². The molecule has 34 heavy (non-hydrogen) atoms. The Balaban J connectivity index is 1.45. The van der Waals surface area contributed by atoms with Gasteiger partial charge in [-0.25, -0.2) is 0 Å². The summed E-state index contributed by atoms with van der Waals surface area (Å²) >= 11 is 2.93. The number of hydrogen-bond acceptors (Lipinski definition) is 7. The summed E-state index contributed by atoms with van der Waals surface area (Å²) in [5.74, 6) is 1.42. The van der Waals surface area contributed by atoms with E-state index in [9.17, 15) is 10.1 Å². The van der Waals surface area contributed by atoms with Gasteiger partial charge in [-0.2, -0.15) is 5.26 Å². The summed E-state index contributed by atoms with van der Waals surface area (Å²) in [6.07, 6.45) is 7.57. The molecule has 7 nitrogen and oxygen atoms in total. The molecule has 1 amide bonds. The van der Waals surface area contributed by atoms with Gasteiger partial charge in [0.2, 0.25) is 5.91 Å². The topological polar surface area (TPSA) is 96.5 Å². The largest absolute Gasteiger partial charge is 0.316 e. The highest BCUT2D eigenvalue weighted by molar-refractivity contribution is 7.99. The lowest BCUT2D eigenvalue weighted by atomic mass is 9.69. The van der Waals surface area contributed by atoms with Gasteiger partial charge >= 0.3 is 0 Å². The minimum Gasteiger partial charge on any atom is -0.316 e. The standard InChI is InChI=1S/C25H30N6OS2/c1-5-25(3,4)17-7-8-18-19(14-26)23(34-20(18)13-17)28-21(32)15-33-24-30-29-22(31(24)6-2)16-9-11-27-12-10-16/h9-12,17H,5-8,13,15H2,1-4H3,(H,28,32)/t17-/m0/s1. The van der Waals surface area contributed by atoms with E-state index in [4.69, 9.17) is 0 Å². The molecule has 0 aromatic carbocycles. The van der Waals surface area contributed by atoms with Gasteiger partial charge in [-0.3, -0.25) is 9.78 Å². The third-order valence-corrected chi connectivity index (χ3v) is 9.09. The van der Waals surface area contributed by atoms with E-state index in [1.165, 1.54) is 16.6 Å². The van der Waals surface area contributed by atoms with Gasteiger partial charge in [0.25, 0.3) is 0 Å². The fourth-order valence-electron chi connectivity index (χ4n) is 4.44. The minimum atomic E-state index is -0.137. The molecule has 0 saturated carbocycles. The van der Waals surface area contributed by atoms with Crippen LogP contribution in [0.2, 0.25) is 0 Å². The van der Waals surface area contributed by atoms with Gasteiger partial charge in [-0.05, 0) is 55.2 Å². The van der Waals surface area contributed by atoms with Crippen LogP contribution in [0.3, 0.4) is 0 Å². The van der Waals surface area contributed by atoms with E-state index in [2.05, 4.69) is 47.3 Å². The van der Waals surface area contributed by atoms with Gasteiger partial charge < -0.3 is 9.88 Å². The molecule has 0 unspecified atom stereocenters. The van der Waals surface area contributed by atoms with E-state index in [1.54, 1.807) is 23.7 Å². The fraction of sp³-hybridized carbons (Fsp3) is 0.480. The highest BCUT2D eigenvalue weighted by atomic mass is 32.2. The highest BCUT2D eigenvalue weighted by Gasteiger charge is 2.34. The number of nitrogens with one attached hydrogen (secondary N) is 1. The Morgan fingerprint density at radius 3 is 2.76 bits per heavy atom. The smallest absolute Gasteiger partial charge is 0.235 e. The van der Waals surface area contributed by atoms with Crippen molar-refractivity contribution in [3.63, 3.8) is 0 Å². The van der Waals surface area contributed by atoms with Crippen molar-refractivity contribution in [1.29, 1.82) is 5.26 Å². The summed E-state index contributed by atoms with van der Waals surface area (Å²) < 4.78 is 1.99. The van der Waals surface area contributed by atoms with Crippen molar-refractivity contribution in [2.24, 2.45) is 11.3 Å². The van der Waals surface area contributed by atoms with Crippen molar-refractivity contribution < 1.29 is 4.79 Å². The number of thiophene rings is 1. The second-order valence-corrected chi connectivity index (χ2v) is 11.3. The number of nitrogens with zero attached hydrogens (tertiary/aromatic N) is 5. The van der Waals surface area contributed by atoms with E-state index < -0.39 is 0 Å². The zero-order valence-corrected chi connectivity index (χ0v) is 21.7. The maximum atomic E-state index is 12.8. The molecule has 0 bridgehead atoms. The Labute approximate surface area is 209 Å². The second-order valence-electron chi connectivity index (χ2n) is 9.22. The van der Waals surface area contributed by atoms with E-state index in [-0.39, 0.29) is 17.1 Å². The lowest BCUT2D eigenvalue weighted by Crippen LogP contribution is -2.28. The van der Waals surface area contributed by atoms with Crippen molar-refractivity contribution in [2.75, 3.05) is 11.1 Å². The van der Waals surface area contributed by atoms with Crippen molar-refractivity contribution in [1.82, 2.24) is 19.7 Å². The molecule has 0 saturated heterocycles. The number of anilines is 1. The van der Waals surface area contributed by atoms with E-state index >= 15 is 0 Å². The van der Waals surface area contributed by atoms with Crippen molar-refractivity contribution >= 4 is 34.0 Å². The molecule has 0 aliphatic heterocycles. The first kappa shape index (κ1) is 24.4. The molecule has 3 heterocycles. The van der Waals surface area contributed by atoms with Crippen LogP contribution in [0.25, 0.3) is 11.4 Å². The summed E-state index contributed by atoms with van der Waals surface area (Å²) in [5, 5.41) is 22.8. The first-order chi connectivity index (χ1) is 16.4. The van der Waals surface area contributed by atoms with Gasteiger partial charge in [0, 0.05) is 29.4 Å². The van der Waals surface area contributed by atoms with E-state index in [0.717, 1.165) is 42.6 Å². The molecule has 0 spiro atoms. The summed E-state index contributed by atoms with van der Waals surface area (Å²) in [6, 6.07) is 6.14. The van der Waals surface area contributed by atoms with E-state index in [0.29, 0.717) is 28.2 Å².